The molecule has 2 aromatic rings. The Morgan fingerprint density at radius 2 is 0.875 bits per heavy atom. The standard InChI is InChI=1S/C10H14O.C10H14.C7H15N.C7H14O.C6H13N.C6H12O.C4H10S/c1-8(2)7-9-3-5-10(11)6-4-9;1-9(2)8-10-6-4-3-5-7-10;2*1-6(2)4-5-7(3)8;2*1-5(2)4-6(3)7;1-4(2)3-5/h3-6,8,11H,7H2,1-2H3;3-7,9H,8H2,1-2H3;6H,3-5,8H2,1-2H3;6,8H,3-5H2,1-2H3;5H,3-4,7H2,1-2H3;5,7H,3-4H2,1-2H3;4-5H,3H2,1-2H3. The summed E-state index contributed by atoms with van der Waals surface area (Å²) in [5, 5.41) is 26.1. The van der Waals surface area contributed by atoms with E-state index in [1.165, 1.54) is 17.5 Å². The van der Waals surface area contributed by atoms with Crippen molar-refractivity contribution >= 4 is 12.6 Å². The molecule has 0 aliphatic heterocycles. The fourth-order valence-electron chi connectivity index (χ4n) is 4.11. The van der Waals surface area contributed by atoms with Crippen LogP contribution in [0.1, 0.15) is 147 Å². The molecule has 5 nitrogen and oxygen atoms in total. The van der Waals surface area contributed by atoms with Gasteiger partial charge in [-0.25, -0.2) is 0 Å². The lowest BCUT2D eigenvalue weighted by molar-refractivity contribution is 0.368. The van der Waals surface area contributed by atoms with Gasteiger partial charge in [-0.3, -0.25) is 0 Å². The Hall–Kier alpha value is -3.25. The Morgan fingerprint density at radius 1 is 0.500 bits per heavy atom. The van der Waals surface area contributed by atoms with Crippen LogP contribution in [0.25, 0.3) is 0 Å². The largest absolute Gasteiger partial charge is 0.513 e. The molecule has 0 amide bonds. The quantitative estimate of drug-likeness (QED) is 0.0793. The minimum atomic E-state index is 0.287. The van der Waals surface area contributed by atoms with Gasteiger partial charge in [-0.05, 0) is 109 Å². The lowest BCUT2D eigenvalue weighted by Crippen LogP contribution is -1.98. The van der Waals surface area contributed by atoms with Crippen LogP contribution in [0, 0.1) is 41.4 Å². The van der Waals surface area contributed by atoms with E-state index in [1.54, 1.807) is 12.1 Å². The number of rotatable bonds is 15. The number of hydrogen-bond donors (Lipinski definition) is 6. The highest BCUT2D eigenvalue weighted by molar-refractivity contribution is 7.80. The minimum Gasteiger partial charge on any atom is -0.513 e. The third kappa shape index (κ3) is 68.7. The molecule has 0 radical (unpaired) electrons. The molecule has 0 heterocycles. The average molecular weight is 801 g/mol. The highest BCUT2D eigenvalue weighted by Crippen LogP contribution is 2.13. The fraction of sp³-hybridized carbons (Fsp3) is 0.600. The van der Waals surface area contributed by atoms with Gasteiger partial charge in [-0.15, -0.1) is 0 Å². The Morgan fingerprint density at radius 3 is 1.07 bits per heavy atom. The fourth-order valence-corrected chi connectivity index (χ4v) is 4.11. The van der Waals surface area contributed by atoms with Gasteiger partial charge in [0.05, 0.1) is 11.5 Å². The predicted molar refractivity (Wildman–Crippen MR) is 258 cm³/mol. The Labute approximate surface area is 354 Å². The number of aliphatic hydroxyl groups excluding tert-OH is 2. The zero-order valence-electron chi connectivity index (χ0n) is 38.9. The van der Waals surface area contributed by atoms with Gasteiger partial charge in [0.25, 0.3) is 0 Å². The number of hydrogen-bond acceptors (Lipinski definition) is 6. The highest BCUT2D eigenvalue weighted by atomic mass is 32.1. The van der Waals surface area contributed by atoms with Crippen LogP contribution in [-0.2, 0) is 12.8 Å². The van der Waals surface area contributed by atoms with Crippen molar-refractivity contribution in [3.8, 4) is 5.75 Å². The maximum absolute atomic E-state index is 8.99. The summed E-state index contributed by atoms with van der Waals surface area (Å²) in [6, 6.07) is 18.0. The second kappa shape index (κ2) is 41.4. The molecular weight excluding hydrogens is 709 g/mol. The number of phenols is 1. The summed E-state index contributed by atoms with van der Waals surface area (Å²) in [6.07, 6.45) is 7.86. The zero-order chi connectivity index (χ0) is 44.8. The summed E-state index contributed by atoms with van der Waals surface area (Å²) in [4.78, 5) is 0. The second-order valence-electron chi connectivity index (χ2n) is 17.4. The molecule has 2 aromatic carbocycles. The van der Waals surface area contributed by atoms with Crippen molar-refractivity contribution in [2.45, 2.75) is 148 Å². The van der Waals surface area contributed by atoms with Crippen molar-refractivity contribution < 1.29 is 15.3 Å². The normalized spacial score (nSPS) is 9.96. The number of thiol groups is 1. The number of phenolic OH excluding ortho intramolecular Hbond substituents is 1. The molecule has 0 spiro atoms. The molecule has 56 heavy (non-hydrogen) atoms. The molecule has 0 aliphatic rings. The van der Waals surface area contributed by atoms with E-state index in [1.807, 2.05) is 26.0 Å². The van der Waals surface area contributed by atoms with E-state index in [9.17, 15) is 0 Å². The topological polar surface area (TPSA) is 113 Å². The smallest absolute Gasteiger partial charge is 0.115 e. The molecule has 0 bridgehead atoms. The number of aliphatic hydroxyl groups is 2. The first-order valence-corrected chi connectivity index (χ1v) is 21.4. The van der Waals surface area contributed by atoms with E-state index < -0.39 is 0 Å². The van der Waals surface area contributed by atoms with Crippen LogP contribution < -0.4 is 11.5 Å². The maximum atomic E-state index is 8.99. The summed E-state index contributed by atoms with van der Waals surface area (Å²) in [5.41, 5.74) is 15.0. The summed E-state index contributed by atoms with van der Waals surface area (Å²) >= 11 is 4.02. The van der Waals surface area contributed by atoms with Gasteiger partial charge in [-0.2, -0.15) is 12.6 Å². The first-order valence-electron chi connectivity index (χ1n) is 20.8. The van der Waals surface area contributed by atoms with Gasteiger partial charge < -0.3 is 26.8 Å². The molecule has 2 rings (SSSR count). The van der Waals surface area contributed by atoms with Crippen LogP contribution in [0.3, 0.4) is 0 Å². The van der Waals surface area contributed by atoms with Gasteiger partial charge in [0.1, 0.15) is 5.75 Å². The van der Waals surface area contributed by atoms with Gasteiger partial charge in [0.2, 0.25) is 0 Å². The summed E-state index contributed by atoms with van der Waals surface area (Å²) in [7, 11) is 0. The molecular formula is C50H92N2O3S. The molecule has 326 valence electrons. The SMILES string of the molecule is C=C(N)CC(C)C.C=C(N)CCC(C)C.C=C(O)CC(C)C.C=C(O)CCC(C)C.CC(C)CS.CC(C)Cc1ccc(O)cc1.CC(C)Cc1ccccc1. The lowest BCUT2D eigenvalue weighted by atomic mass is 10.0. The third-order valence-electron chi connectivity index (χ3n) is 6.80. The van der Waals surface area contributed by atoms with Gasteiger partial charge >= 0.3 is 0 Å². The summed E-state index contributed by atoms with van der Waals surface area (Å²) in [5.74, 6) is 6.72. The Kier molecular flexibility index (Phi) is 45.8. The van der Waals surface area contributed by atoms with Crippen LogP contribution in [-0.4, -0.2) is 21.1 Å². The van der Waals surface area contributed by atoms with Crippen molar-refractivity contribution in [1.82, 2.24) is 0 Å². The van der Waals surface area contributed by atoms with Gasteiger partial charge in [-0.1, -0.05) is 166 Å². The predicted octanol–water partition coefficient (Wildman–Crippen LogP) is 15.0. The van der Waals surface area contributed by atoms with Crippen molar-refractivity contribution in [2.24, 2.45) is 52.9 Å². The van der Waals surface area contributed by atoms with Crippen LogP contribution in [0.15, 0.2) is 104 Å². The maximum Gasteiger partial charge on any atom is 0.115 e. The van der Waals surface area contributed by atoms with E-state index >= 15 is 0 Å². The minimum absolute atomic E-state index is 0.287. The van der Waals surface area contributed by atoms with Crippen LogP contribution >= 0.6 is 12.6 Å². The number of aromatic hydroxyl groups is 1. The molecule has 7 N–H and O–H groups in total. The van der Waals surface area contributed by atoms with Crippen LogP contribution in [0.5, 0.6) is 5.75 Å². The van der Waals surface area contributed by atoms with E-state index in [-0.39, 0.29) is 5.76 Å². The lowest BCUT2D eigenvalue weighted by Gasteiger charge is -2.03. The summed E-state index contributed by atoms with van der Waals surface area (Å²) in [6.45, 7) is 44.0. The van der Waals surface area contributed by atoms with Crippen molar-refractivity contribution in [2.75, 3.05) is 5.75 Å². The summed E-state index contributed by atoms with van der Waals surface area (Å²) < 4.78 is 0. The first-order chi connectivity index (χ1) is 25.7. The number of allylic oxidation sites excluding steroid dienone is 4. The van der Waals surface area contributed by atoms with E-state index in [4.69, 9.17) is 26.8 Å². The highest BCUT2D eigenvalue weighted by Gasteiger charge is 1.97. The monoisotopic (exact) mass is 801 g/mol. The average Bonchev–Trinajstić information content (AvgIpc) is 3.04. The van der Waals surface area contributed by atoms with Gasteiger partial charge in [0.15, 0.2) is 0 Å². The molecule has 0 saturated heterocycles. The number of nitrogens with two attached hydrogens (primary N) is 2. The van der Waals surface area contributed by atoms with Crippen LogP contribution in [0.2, 0.25) is 0 Å². The molecule has 0 fully saturated rings. The van der Waals surface area contributed by atoms with E-state index in [2.05, 4.69) is 152 Å². The Bertz CT molecular complexity index is 1140. The Balaban J connectivity index is -0.000000183. The van der Waals surface area contributed by atoms with Crippen molar-refractivity contribution in [3.63, 3.8) is 0 Å². The molecule has 6 heteroatoms. The molecule has 0 saturated carbocycles. The molecule has 0 unspecified atom stereocenters. The second-order valence-corrected chi connectivity index (χ2v) is 17.8. The van der Waals surface area contributed by atoms with Crippen molar-refractivity contribution in [3.05, 3.63) is 115 Å². The third-order valence-corrected chi connectivity index (χ3v) is 7.53. The molecule has 0 aromatic heterocycles. The van der Waals surface area contributed by atoms with Crippen molar-refractivity contribution in [1.29, 1.82) is 0 Å². The van der Waals surface area contributed by atoms with Gasteiger partial charge in [0, 0.05) is 24.2 Å². The van der Waals surface area contributed by atoms with Crippen LogP contribution in [0.4, 0.5) is 0 Å². The molecule has 0 atom stereocenters. The van der Waals surface area contributed by atoms with E-state index in [0.29, 0.717) is 35.2 Å². The first kappa shape index (κ1) is 62.0. The number of benzene rings is 2. The molecule has 0 aliphatic carbocycles. The zero-order valence-corrected chi connectivity index (χ0v) is 39.8. The van der Waals surface area contributed by atoms with E-state index in [0.717, 1.165) is 79.8 Å².